The molecule has 15 heavy (non-hydrogen) atoms. The zero-order valence-electron chi connectivity index (χ0n) is 8.01. The fourth-order valence-electron chi connectivity index (χ4n) is 0.979. The van der Waals surface area contributed by atoms with Crippen LogP contribution in [-0.2, 0) is 4.79 Å². The molecule has 5 heteroatoms. The zero-order chi connectivity index (χ0) is 11.4. The van der Waals surface area contributed by atoms with Crippen molar-refractivity contribution in [1.82, 2.24) is 5.32 Å². The van der Waals surface area contributed by atoms with E-state index in [1.165, 1.54) is 13.0 Å². The first kappa shape index (κ1) is 11.3. The molecule has 0 saturated carbocycles. The molecule has 1 rings (SSSR count). The molecule has 0 heterocycles. The van der Waals surface area contributed by atoms with E-state index < -0.39 is 23.1 Å². The average Bonchev–Trinajstić information content (AvgIpc) is 2.18. The van der Waals surface area contributed by atoms with Crippen molar-refractivity contribution in [3.8, 4) is 0 Å². The molecule has 1 aromatic rings. The molecular formula is C10H9F2NO2. The first-order valence-electron chi connectivity index (χ1n) is 4.24. The van der Waals surface area contributed by atoms with Crippen LogP contribution in [-0.4, -0.2) is 18.2 Å². The summed E-state index contributed by atoms with van der Waals surface area (Å²) in [6.07, 6.45) is 0. The number of benzene rings is 1. The Bertz CT molecular complexity index is 404. The van der Waals surface area contributed by atoms with Crippen LogP contribution in [0.2, 0.25) is 0 Å². The van der Waals surface area contributed by atoms with Crippen molar-refractivity contribution in [2.75, 3.05) is 6.54 Å². The van der Waals surface area contributed by atoms with Gasteiger partial charge in [-0.15, -0.1) is 0 Å². The monoisotopic (exact) mass is 213 g/mol. The maximum absolute atomic E-state index is 13.1. The lowest BCUT2D eigenvalue weighted by Crippen LogP contribution is -2.29. The average molecular weight is 213 g/mol. The van der Waals surface area contributed by atoms with Gasteiger partial charge in [0.05, 0.1) is 12.1 Å². The first-order valence-corrected chi connectivity index (χ1v) is 4.24. The SMILES string of the molecule is CC(=O)CNC(=O)c1cccc(F)c1F. The minimum atomic E-state index is -1.21. The van der Waals surface area contributed by atoms with Gasteiger partial charge in [-0.2, -0.15) is 0 Å². The van der Waals surface area contributed by atoms with Gasteiger partial charge >= 0.3 is 0 Å². The van der Waals surface area contributed by atoms with Gasteiger partial charge in [-0.25, -0.2) is 8.78 Å². The summed E-state index contributed by atoms with van der Waals surface area (Å²) in [5.74, 6) is -3.37. The second kappa shape index (κ2) is 4.63. The number of halogens is 2. The lowest BCUT2D eigenvalue weighted by molar-refractivity contribution is -0.116. The molecule has 1 N–H and O–H groups in total. The summed E-state index contributed by atoms with van der Waals surface area (Å²) in [5, 5.41) is 2.17. The predicted octanol–water partition coefficient (Wildman–Crippen LogP) is 1.28. The van der Waals surface area contributed by atoms with Crippen LogP contribution in [0.25, 0.3) is 0 Å². The summed E-state index contributed by atoms with van der Waals surface area (Å²) in [6, 6.07) is 3.28. The van der Waals surface area contributed by atoms with E-state index in [0.717, 1.165) is 12.1 Å². The van der Waals surface area contributed by atoms with Crippen LogP contribution in [0.5, 0.6) is 0 Å². The molecule has 0 spiro atoms. The molecule has 0 aliphatic rings. The molecular weight excluding hydrogens is 204 g/mol. The zero-order valence-corrected chi connectivity index (χ0v) is 8.01. The number of nitrogens with one attached hydrogen (secondary N) is 1. The van der Waals surface area contributed by atoms with Gasteiger partial charge in [-0.3, -0.25) is 9.59 Å². The van der Waals surface area contributed by atoms with E-state index in [1.54, 1.807) is 0 Å². The standard InChI is InChI=1S/C10H9F2NO2/c1-6(14)5-13-10(15)7-3-2-4-8(11)9(7)12/h2-4H,5H2,1H3,(H,13,15). The van der Waals surface area contributed by atoms with Gasteiger partial charge < -0.3 is 5.32 Å². The predicted molar refractivity (Wildman–Crippen MR) is 49.4 cm³/mol. The summed E-state index contributed by atoms with van der Waals surface area (Å²) in [4.78, 5) is 21.8. The van der Waals surface area contributed by atoms with E-state index in [4.69, 9.17) is 0 Å². The van der Waals surface area contributed by atoms with Crippen molar-refractivity contribution in [2.24, 2.45) is 0 Å². The Balaban J connectivity index is 2.82. The second-order valence-corrected chi connectivity index (χ2v) is 2.99. The Morgan fingerprint density at radius 3 is 2.60 bits per heavy atom. The number of hydrogen-bond acceptors (Lipinski definition) is 2. The minimum Gasteiger partial charge on any atom is -0.345 e. The van der Waals surface area contributed by atoms with Crippen molar-refractivity contribution < 1.29 is 18.4 Å². The van der Waals surface area contributed by atoms with Crippen molar-refractivity contribution in [2.45, 2.75) is 6.92 Å². The summed E-state index contributed by atoms with van der Waals surface area (Å²) >= 11 is 0. The molecule has 0 atom stereocenters. The van der Waals surface area contributed by atoms with Crippen LogP contribution in [0, 0.1) is 11.6 Å². The normalized spacial score (nSPS) is 9.80. The van der Waals surface area contributed by atoms with Gasteiger partial charge in [-0.1, -0.05) is 6.07 Å². The molecule has 80 valence electrons. The van der Waals surface area contributed by atoms with Crippen molar-refractivity contribution in [1.29, 1.82) is 0 Å². The molecule has 0 aliphatic carbocycles. The third-order valence-electron chi connectivity index (χ3n) is 1.69. The molecule has 0 aliphatic heterocycles. The van der Waals surface area contributed by atoms with Crippen molar-refractivity contribution >= 4 is 11.7 Å². The summed E-state index contributed by atoms with van der Waals surface area (Å²) in [5.41, 5.74) is -0.406. The summed E-state index contributed by atoms with van der Waals surface area (Å²) in [7, 11) is 0. The number of carbonyl (C=O) groups excluding carboxylic acids is 2. The molecule has 3 nitrogen and oxygen atoms in total. The molecule has 0 fully saturated rings. The Hall–Kier alpha value is -1.78. The molecule has 0 bridgehead atoms. The number of ketones is 1. The van der Waals surface area contributed by atoms with Crippen LogP contribution in [0.4, 0.5) is 8.78 Å². The van der Waals surface area contributed by atoms with Crippen LogP contribution >= 0.6 is 0 Å². The van der Waals surface area contributed by atoms with E-state index in [9.17, 15) is 18.4 Å². The van der Waals surface area contributed by atoms with Crippen molar-refractivity contribution in [3.63, 3.8) is 0 Å². The summed E-state index contributed by atoms with van der Waals surface area (Å²) < 4.78 is 25.8. The van der Waals surface area contributed by atoms with Crippen molar-refractivity contribution in [3.05, 3.63) is 35.4 Å². The van der Waals surface area contributed by atoms with Gasteiger partial charge in [0.2, 0.25) is 0 Å². The number of carbonyl (C=O) groups is 2. The maximum atomic E-state index is 13.1. The van der Waals surface area contributed by atoms with Crippen LogP contribution in [0.1, 0.15) is 17.3 Å². The van der Waals surface area contributed by atoms with E-state index in [-0.39, 0.29) is 12.3 Å². The Morgan fingerprint density at radius 2 is 2.00 bits per heavy atom. The fraction of sp³-hybridized carbons (Fsp3) is 0.200. The smallest absolute Gasteiger partial charge is 0.254 e. The lowest BCUT2D eigenvalue weighted by atomic mass is 10.2. The maximum Gasteiger partial charge on any atom is 0.254 e. The molecule has 0 unspecified atom stereocenters. The number of amides is 1. The van der Waals surface area contributed by atoms with E-state index in [2.05, 4.69) is 5.32 Å². The van der Waals surface area contributed by atoms with Crippen LogP contribution in [0.3, 0.4) is 0 Å². The highest BCUT2D eigenvalue weighted by Crippen LogP contribution is 2.10. The first-order chi connectivity index (χ1) is 7.02. The van der Waals surface area contributed by atoms with Gasteiger partial charge in [-0.05, 0) is 19.1 Å². The van der Waals surface area contributed by atoms with Gasteiger partial charge in [0, 0.05) is 0 Å². The minimum absolute atomic E-state index is 0.200. The molecule has 1 aromatic carbocycles. The van der Waals surface area contributed by atoms with E-state index in [0.29, 0.717) is 0 Å². The van der Waals surface area contributed by atoms with E-state index >= 15 is 0 Å². The van der Waals surface area contributed by atoms with Gasteiger partial charge in [0.1, 0.15) is 5.78 Å². The summed E-state index contributed by atoms with van der Waals surface area (Å²) in [6.45, 7) is 1.08. The molecule has 0 aromatic heterocycles. The number of rotatable bonds is 3. The number of Topliss-reactive ketones (excluding diaryl/α,β-unsaturated/α-hetero) is 1. The van der Waals surface area contributed by atoms with E-state index in [1.807, 2.05) is 0 Å². The van der Waals surface area contributed by atoms with Gasteiger partial charge in [0.25, 0.3) is 5.91 Å². The molecule has 0 radical (unpaired) electrons. The third kappa shape index (κ3) is 2.83. The Morgan fingerprint density at radius 1 is 1.33 bits per heavy atom. The van der Waals surface area contributed by atoms with Crippen LogP contribution < -0.4 is 5.32 Å². The lowest BCUT2D eigenvalue weighted by Gasteiger charge is -2.04. The Labute approximate surface area is 85.1 Å². The number of hydrogen-bond donors (Lipinski definition) is 1. The molecule has 1 amide bonds. The molecule has 0 saturated heterocycles. The largest absolute Gasteiger partial charge is 0.345 e. The highest BCUT2D eigenvalue weighted by molar-refractivity contribution is 5.96. The Kier molecular flexibility index (Phi) is 3.49. The quantitative estimate of drug-likeness (QED) is 0.822. The van der Waals surface area contributed by atoms with Gasteiger partial charge in [0.15, 0.2) is 11.6 Å². The van der Waals surface area contributed by atoms with Crippen LogP contribution in [0.15, 0.2) is 18.2 Å². The fourth-order valence-corrected chi connectivity index (χ4v) is 0.979. The topological polar surface area (TPSA) is 46.2 Å². The highest BCUT2D eigenvalue weighted by atomic mass is 19.2. The second-order valence-electron chi connectivity index (χ2n) is 2.99. The highest BCUT2D eigenvalue weighted by Gasteiger charge is 2.14. The third-order valence-corrected chi connectivity index (χ3v) is 1.69.